The number of carboxylic acid groups (broad SMARTS) is 1. The molecule has 1 heterocycles. The van der Waals surface area contributed by atoms with E-state index in [9.17, 15) is 14.7 Å². The van der Waals surface area contributed by atoms with Crippen molar-refractivity contribution in [2.45, 2.75) is 50.2 Å². The lowest BCUT2D eigenvalue weighted by atomic mass is 9.81. The van der Waals surface area contributed by atoms with Gasteiger partial charge in [0.15, 0.2) is 6.10 Å². The van der Waals surface area contributed by atoms with Crippen LogP contribution in [0.2, 0.25) is 0 Å². The summed E-state index contributed by atoms with van der Waals surface area (Å²) in [7, 11) is 0. The Balaban J connectivity index is 1.66. The molecule has 3 rings (SSSR count). The third-order valence-electron chi connectivity index (χ3n) is 4.57. The van der Waals surface area contributed by atoms with Crippen molar-refractivity contribution in [1.82, 2.24) is 5.32 Å². The molecule has 0 aromatic heterocycles. The largest absolute Gasteiger partial charge is 0.480 e. The maximum absolute atomic E-state index is 12.4. The third kappa shape index (κ3) is 3.21. The fraction of sp³-hybridized carbons (Fsp3) is 0.471. The number of carbonyl (C=O) groups is 2. The topological polar surface area (TPSA) is 88.0 Å². The molecule has 1 aliphatic carbocycles. The van der Waals surface area contributed by atoms with Gasteiger partial charge in [-0.2, -0.15) is 0 Å². The van der Waals surface area contributed by atoms with E-state index in [1.54, 1.807) is 0 Å². The van der Waals surface area contributed by atoms with Crippen molar-refractivity contribution in [2.24, 2.45) is 5.16 Å². The van der Waals surface area contributed by atoms with E-state index in [2.05, 4.69) is 10.5 Å². The van der Waals surface area contributed by atoms with Crippen molar-refractivity contribution in [3.05, 3.63) is 35.9 Å². The van der Waals surface area contributed by atoms with Crippen molar-refractivity contribution in [1.29, 1.82) is 0 Å². The van der Waals surface area contributed by atoms with Crippen LogP contribution in [0.3, 0.4) is 0 Å². The van der Waals surface area contributed by atoms with E-state index in [0.29, 0.717) is 19.3 Å². The van der Waals surface area contributed by atoms with Crippen LogP contribution in [0.5, 0.6) is 0 Å². The Morgan fingerprint density at radius 2 is 1.87 bits per heavy atom. The van der Waals surface area contributed by atoms with Crippen LogP contribution in [0.4, 0.5) is 0 Å². The first kappa shape index (κ1) is 15.5. The maximum Gasteiger partial charge on any atom is 0.329 e. The number of aliphatic carboxylic acids is 1. The van der Waals surface area contributed by atoms with Gasteiger partial charge < -0.3 is 15.3 Å². The molecule has 23 heavy (non-hydrogen) atoms. The van der Waals surface area contributed by atoms with Gasteiger partial charge in [-0.25, -0.2) is 4.79 Å². The molecule has 1 aliphatic heterocycles. The van der Waals surface area contributed by atoms with Crippen LogP contribution >= 0.6 is 0 Å². The summed E-state index contributed by atoms with van der Waals surface area (Å²) in [6.07, 6.45) is 3.61. The molecule has 1 fully saturated rings. The molecular weight excluding hydrogens is 296 g/mol. The Labute approximate surface area is 134 Å². The van der Waals surface area contributed by atoms with Crippen molar-refractivity contribution in [3.63, 3.8) is 0 Å². The average Bonchev–Trinajstić information content (AvgIpc) is 3.06. The fourth-order valence-electron chi connectivity index (χ4n) is 3.20. The minimum absolute atomic E-state index is 0.255. The van der Waals surface area contributed by atoms with Crippen LogP contribution in [0.25, 0.3) is 0 Å². The number of benzene rings is 1. The first-order valence-electron chi connectivity index (χ1n) is 7.94. The highest BCUT2D eigenvalue weighted by molar-refractivity contribution is 6.39. The summed E-state index contributed by atoms with van der Waals surface area (Å²) in [5.74, 6) is -1.41. The molecule has 0 radical (unpaired) electrons. The summed E-state index contributed by atoms with van der Waals surface area (Å²) in [5.41, 5.74) is 0.0394. The zero-order valence-electron chi connectivity index (χ0n) is 12.8. The zero-order chi connectivity index (χ0) is 16.3. The van der Waals surface area contributed by atoms with Crippen molar-refractivity contribution < 1.29 is 19.5 Å². The number of hydrogen-bond donors (Lipinski definition) is 2. The van der Waals surface area contributed by atoms with Gasteiger partial charge >= 0.3 is 5.97 Å². The molecular formula is C17H20N2O4. The molecule has 1 amide bonds. The monoisotopic (exact) mass is 316 g/mol. The van der Waals surface area contributed by atoms with Crippen LogP contribution in [-0.2, 0) is 14.4 Å². The van der Waals surface area contributed by atoms with Gasteiger partial charge in [0, 0.05) is 6.42 Å². The Morgan fingerprint density at radius 3 is 2.52 bits per heavy atom. The molecule has 122 valence electrons. The summed E-state index contributed by atoms with van der Waals surface area (Å²) in [6.45, 7) is 0. The molecule has 6 nitrogen and oxygen atoms in total. The molecule has 1 atom stereocenters. The van der Waals surface area contributed by atoms with Gasteiger partial charge in [-0.3, -0.25) is 4.79 Å². The summed E-state index contributed by atoms with van der Waals surface area (Å²) in [5, 5.41) is 16.1. The van der Waals surface area contributed by atoms with Crippen LogP contribution in [0.15, 0.2) is 35.5 Å². The van der Waals surface area contributed by atoms with Gasteiger partial charge in [0.2, 0.25) is 0 Å². The Kier molecular flexibility index (Phi) is 4.32. The van der Waals surface area contributed by atoms with E-state index in [-0.39, 0.29) is 11.8 Å². The van der Waals surface area contributed by atoms with Crippen molar-refractivity contribution in [2.75, 3.05) is 0 Å². The minimum Gasteiger partial charge on any atom is -0.480 e. The van der Waals surface area contributed by atoms with E-state index >= 15 is 0 Å². The lowest BCUT2D eigenvalue weighted by molar-refractivity contribution is -0.148. The van der Waals surface area contributed by atoms with Gasteiger partial charge in [-0.05, 0) is 18.4 Å². The van der Waals surface area contributed by atoms with Gasteiger partial charge in [0.25, 0.3) is 5.91 Å². The van der Waals surface area contributed by atoms with Crippen molar-refractivity contribution >= 4 is 17.6 Å². The Morgan fingerprint density at radius 1 is 1.17 bits per heavy atom. The second-order valence-corrected chi connectivity index (χ2v) is 6.15. The predicted octanol–water partition coefficient (Wildman–Crippen LogP) is 2.41. The Hall–Kier alpha value is -2.37. The molecule has 1 aromatic carbocycles. The SMILES string of the molecule is O=C(NC1(C(=O)O)CCCCC1)C1=NO[C@@H](c2ccccc2)C1. The first-order valence-corrected chi connectivity index (χ1v) is 7.94. The third-order valence-corrected chi connectivity index (χ3v) is 4.57. The summed E-state index contributed by atoms with van der Waals surface area (Å²) in [6, 6.07) is 9.55. The molecule has 1 saturated carbocycles. The molecule has 0 spiro atoms. The van der Waals surface area contributed by atoms with Crippen molar-refractivity contribution in [3.8, 4) is 0 Å². The second kappa shape index (κ2) is 6.40. The van der Waals surface area contributed by atoms with E-state index in [1.165, 1.54) is 0 Å². The predicted molar refractivity (Wildman–Crippen MR) is 83.9 cm³/mol. The molecule has 6 heteroatoms. The van der Waals surface area contributed by atoms with Gasteiger partial charge in [-0.15, -0.1) is 0 Å². The summed E-state index contributed by atoms with van der Waals surface area (Å²) in [4.78, 5) is 29.4. The molecule has 2 aliphatic rings. The number of nitrogens with zero attached hydrogens (tertiary/aromatic N) is 1. The quantitative estimate of drug-likeness (QED) is 0.893. The zero-order valence-corrected chi connectivity index (χ0v) is 12.8. The lowest BCUT2D eigenvalue weighted by Crippen LogP contribution is -2.57. The number of oxime groups is 1. The Bertz CT molecular complexity index is 621. The number of nitrogens with one attached hydrogen (secondary N) is 1. The van der Waals surface area contributed by atoms with Gasteiger partial charge in [0.1, 0.15) is 11.3 Å². The highest BCUT2D eigenvalue weighted by Crippen LogP contribution is 2.30. The minimum atomic E-state index is -1.16. The summed E-state index contributed by atoms with van der Waals surface area (Å²) < 4.78 is 0. The second-order valence-electron chi connectivity index (χ2n) is 6.15. The van der Waals surface area contributed by atoms with Crippen LogP contribution in [0.1, 0.15) is 50.2 Å². The number of carboxylic acids is 1. The fourth-order valence-corrected chi connectivity index (χ4v) is 3.20. The molecule has 0 bridgehead atoms. The number of carbonyl (C=O) groups excluding carboxylic acids is 1. The average molecular weight is 316 g/mol. The smallest absolute Gasteiger partial charge is 0.329 e. The van der Waals surface area contributed by atoms with Gasteiger partial charge in [-0.1, -0.05) is 54.8 Å². The first-order chi connectivity index (χ1) is 11.1. The van der Waals surface area contributed by atoms with E-state index in [4.69, 9.17) is 4.84 Å². The lowest BCUT2D eigenvalue weighted by Gasteiger charge is -2.33. The highest BCUT2D eigenvalue weighted by atomic mass is 16.6. The van der Waals surface area contributed by atoms with Crippen LogP contribution in [-0.4, -0.2) is 28.2 Å². The highest BCUT2D eigenvalue weighted by Gasteiger charge is 2.42. The van der Waals surface area contributed by atoms with Crippen LogP contribution < -0.4 is 5.32 Å². The van der Waals surface area contributed by atoms with E-state index in [1.807, 2.05) is 30.3 Å². The number of amides is 1. The summed E-state index contributed by atoms with van der Waals surface area (Å²) >= 11 is 0. The van der Waals surface area contributed by atoms with E-state index in [0.717, 1.165) is 24.8 Å². The normalized spacial score (nSPS) is 22.8. The van der Waals surface area contributed by atoms with Gasteiger partial charge in [0.05, 0.1) is 0 Å². The standard InChI is InChI=1S/C17H20N2O4/c20-15(18-17(16(21)22)9-5-2-6-10-17)13-11-14(23-19-13)12-7-3-1-4-8-12/h1,3-4,7-8,14H,2,5-6,9-11H2,(H,18,20)(H,21,22)/t14-/m1/s1. The molecule has 1 aromatic rings. The number of hydrogen-bond acceptors (Lipinski definition) is 4. The molecule has 0 saturated heterocycles. The molecule has 2 N–H and O–H groups in total. The molecule has 0 unspecified atom stereocenters. The number of rotatable bonds is 4. The maximum atomic E-state index is 12.4. The van der Waals surface area contributed by atoms with Crippen LogP contribution in [0, 0.1) is 0 Å². The van der Waals surface area contributed by atoms with E-state index < -0.39 is 17.4 Å².